The number of fused-ring (bicyclic) bond motifs is 1. The van der Waals surface area contributed by atoms with Gasteiger partial charge in [-0.05, 0) is 41.8 Å². The van der Waals surface area contributed by atoms with E-state index in [2.05, 4.69) is 17.1 Å². The van der Waals surface area contributed by atoms with Crippen molar-refractivity contribution in [2.75, 3.05) is 13.7 Å². The fourth-order valence-electron chi connectivity index (χ4n) is 3.24. The van der Waals surface area contributed by atoms with Gasteiger partial charge in [-0.25, -0.2) is 0 Å². The van der Waals surface area contributed by atoms with Crippen LogP contribution >= 0.6 is 22.9 Å². The smallest absolute Gasteiger partial charge is 0.261 e. The third-order valence-electron chi connectivity index (χ3n) is 4.69. The van der Waals surface area contributed by atoms with Crippen LogP contribution in [0.1, 0.15) is 16.5 Å². The zero-order chi connectivity index (χ0) is 19.5. The molecule has 4 aromatic rings. The molecule has 4 nitrogen and oxygen atoms in total. The molecule has 0 fully saturated rings. The number of thiophene rings is 1. The van der Waals surface area contributed by atoms with E-state index in [-0.39, 0.29) is 18.6 Å². The Labute approximate surface area is 172 Å². The van der Waals surface area contributed by atoms with Crippen molar-refractivity contribution in [2.24, 2.45) is 0 Å². The molecule has 1 atom stereocenters. The van der Waals surface area contributed by atoms with Crippen molar-refractivity contribution in [3.63, 3.8) is 0 Å². The van der Waals surface area contributed by atoms with E-state index in [4.69, 9.17) is 16.3 Å². The highest BCUT2D eigenvalue weighted by molar-refractivity contribution is 7.10. The minimum atomic E-state index is -0.183. The summed E-state index contributed by atoms with van der Waals surface area (Å²) in [5.41, 5.74) is 2.12. The van der Waals surface area contributed by atoms with E-state index in [1.54, 1.807) is 40.5 Å². The van der Waals surface area contributed by atoms with Crippen molar-refractivity contribution < 1.29 is 9.53 Å². The van der Waals surface area contributed by atoms with Crippen LogP contribution in [0.3, 0.4) is 0 Å². The maximum Gasteiger partial charge on any atom is 0.261 e. The van der Waals surface area contributed by atoms with Gasteiger partial charge in [0.2, 0.25) is 0 Å². The first kappa shape index (κ1) is 18.6. The van der Waals surface area contributed by atoms with E-state index < -0.39 is 0 Å². The summed E-state index contributed by atoms with van der Waals surface area (Å²) in [6.45, 7) is -0.0393. The van der Waals surface area contributed by atoms with Crippen molar-refractivity contribution in [1.29, 1.82) is 0 Å². The van der Waals surface area contributed by atoms with Gasteiger partial charge in [-0.15, -0.1) is 11.3 Å². The number of rotatable bonds is 6. The summed E-state index contributed by atoms with van der Waals surface area (Å²) in [5, 5.41) is 3.77. The monoisotopic (exact) mass is 410 g/mol. The number of carbonyl (C=O) groups is 1. The number of hydrogen-bond donors (Lipinski definition) is 1. The Hall–Kier alpha value is -2.76. The molecule has 0 saturated heterocycles. The number of H-pyrrole nitrogens is 1. The SMILES string of the molecule is CN(C(=O)COc1ccc(Cl)cc1)[C@@H](c1cccs1)c1c[nH]c2ccccc12. The summed E-state index contributed by atoms with van der Waals surface area (Å²) in [4.78, 5) is 19.1. The molecule has 0 aliphatic rings. The maximum atomic E-state index is 12.9. The van der Waals surface area contributed by atoms with Crippen LogP contribution in [0.25, 0.3) is 10.9 Å². The van der Waals surface area contributed by atoms with E-state index in [1.165, 1.54) is 0 Å². The molecule has 0 saturated carbocycles. The maximum absolute atomic E-state index is 12.9. The van der Waals surface area contributed by atoms with Gasteiger partial charge in [-0.3, -0.25) is 4.79 Å². The van der Waals surface area contributed by atoms with Gasteiger partial charge >= 0.3 is 0 Å². The number of hydrogen-bond acceptors (Lipinski definition) is 3. The number of ether oxygens (including phenoxy) is 1. The molecule has 0 radical (unpaired) electrons. The van der Waals surface area contributed by atoms with Gasteiger partial charge < -0.3 is 14.6 Å². The van der Waals surface area contributed by atoms with E-state index in [9.17, 15) is 4.79 Å². The first-order chi connectivity index (χ1) is 13.6. The largest absolute Gasteiger partial charge is 0.484 e. The van der Waals surface area contributed by atoms with Gasteiger partial charge in [0, 0.05) is 39.6 Å². The minimum Gasteiger partial charge on any atom is -0.484 e. The van der Waals surface area contributed by atoms with Crippen LogP contribution in [0.5, 0.6) is 5.75 Å². The summed E-state index contributed by atoms with van der Waals surface area (Å²) in [5.74, 6) is 0.518. The summed E-state index contributed by atoms with van der Waals surface area (Å²) >= 11 is 7.53. The Bertz CT molecular complexity index is 1070. The lowest BCUT2D eigenvalue weighted by Crippen LogP contribution is -2.35. The Morgan fingerprint density at radius 3 is 2.68 bits per heavy atom. The summed E-state index contributed by atoms with van der Waals surface area (Å²) in [6, 6.07) is 19.0. The Morgan fingerprint density at radius 1 is 1.14 bits per heavy atom. The number of likely N-dealkylation sites (N-methyl/N-ethyl adjacent to an activating group) is 1. The van der Waals surface area contributed by atoms with Crippen LogP contribution in [0, 0.1) is 0 Å². The molecule has 2 aromatic heterocycles. The Morgan fingerprint density at radius 2 is 1.93 bits per heavy atom. The highest BCUT2D eigenvalue weighted by atomic mass is 35.5. The van der Waals surface area contributed by atoms with E-state index in [1.807, 2.05) is 42.9 Å². The first-order valence-corrected chi connectivity index (χ1v) is 10.1. The molecule has 1 N–H and O–H groups in total. The zero-order valence-corrected chi connectivity index (χ0v) is 16.8. The normalized spacial score (nSPS) is 12.1. The van der Waals surface area contributed by atoms with Crippen LogP contribution in [-0.4, -0.2) is 29.4 Å². The van der Waals surface area contributed by atoms with Crippen molar-refractivity contribution in [3.8, 4) is 5.75 Å². The number of nitrogens with zero attached hydrogens (tertiary/aromatic N) is 1. The minimum absolute atomic E-state index is 0.0393. The molecule has 0 aliphatic carbocycles. The zero-order valence-electron chi connectivity index (χ0n) is 15.3. The number of halogens is 1. The number of aromatic nitrogens is 1. The van der Waals surface area contributed by atoms with Crippen molar-refractivity contribution >= 4 is 39.7 Å². The number of amides is 1. The molecule has 0 aliphatic heterocycles. The van der Waals surface area contributed by atoms with Gasteiger partial charge in [-0.1, -0.05) is 35.9 Å². The second-order valence-corrected chi connectivity index (χ2v) is 7.87. The molecule has 28 heavy (non-hydrogen) atoms. The molecular weight excluding hydrogens is 392 g/mol. The van der Waals surface area contributed by atoms with E-state index in [0.717, 1.165) is 21.3 Å². The number of carbonyl (C=O) groups excluding carboxylic acids is 1. The van der Waals surface area contributed by atoms with Crippen LogP contribution in [0.4, 0.5) is 0 Å². The van der Waals surface area contributed by atoms with Gasteiger partial charge in [-0.2, -0.15) is 0 Å². The number of nitrogens with one attached hydrogen (secondary N) is 1. The highest BCUT2D eigenvalue weighted by Gasteiger charge is 2.27. The molecule has 2 aromatic carbocycles. The summed E-state index contributed by atoms with van der Waals surface area (Å²) in [7, 11) is 1.82. The van der Waals surface area contributed by atoms with E-state index >= 15 is 0 Å². The average molecular weight is 411 g/mol. The predicted octanol–water partition coefficient (Wildman–Crippen LogP) is 5.51. The lowest BCUT2D eigenvalue weighted by molar-refractivity contribution is -0.133. The van der Waals surface area contributed by atoms with Crippen molar-refractivity contribution in [3.05, 3.63) is 87.7 Å². The third kappa shape index (κ3) is 3.77. The van der Waals surface area contributed by atoms with Crippen LogP contribution in [-0.2, 0) is 4.79 Å². The van der Waals surface area contributed by atoms with E-state index in [0.29, 0.717) is 10.8 Å². The van der Waals surface area contributed by atoms with Crippen LogP contribution < -0.4 is 4.74 Å². The fraction of sp³-hybridized carbons (Fsp3) is 0.136. The van der Waals surface area contributed by atoms with Gasteiger partial charge in [0.15, 0.2) is 6.61 Å². The standard InChI is InChI=1S/C22H19ClN2O2S/c1-25(21(26)14-27-16-10-8-15(23)9-11-16)22(20-7-4-12-28-20)18-13-24-19-6-3-2-5-17(18)19/h2-13,22,24H,14H2,1H3/t22-/m1/s1. The molecule has 2 heterocycles. The summed E-state index contributed by atoms with van der Waals surface area (Å²) < 4.78 is 5.66. The quantitative estimate of drug-likeness (QED) is 0.455. The molecule has 0 bridgehead atoms. The summed E-state index contributed by atoms with van der Waals surface area (Å²) in [6.07, 6.45) is 1.99. The lowest BCUT2D eigenvalue weighted by Gasteiger charge is -2.27. The second kappa shape index (κ2) is 8.09. The highest BCUT2D eigenvalue weighted by Crippen LogP contribution is 2.35. The van der Waals surface area contributed by atoms with Crippen LogP contribution in [0.15, 0.2) is 72.2 Å². The molecule has 0 unspecified atom stereocenters. The Balaban J connectivity index is 1.59. The first-order valence-electron chi connectivity index (χ1n) is 8.87. The van der Waals surface area contributed by atoms with Crippen molar-refractivity contribution in [1.82, 2.24) is 9.88 Å². The molecule has 6 heteroatoms. The van der Waals surface area contributed by atoms with Gasteiger partial charge in [0.1, 0.15) is 5.75 Å². The molecule has 1 amide bonds. The number of benzene rings is 2. The average Bonchev–Trinajstić information content (AvgIpc) is 3.38. The predicted molar refractivity (Wildman–Crippen MR) is 114 cm³/mol. The van der Waals surface area contributed by atoms with Gasteiger partial charge in [0.05, 0.1) is 6.04 Å². The molecule has 142 valence electrons. The number of para-hydroxylation sites is 1. The molecule has 4 rings (SSSR count). The second-order valence-electron chi connectivity index (χ2n) is 6.45. The third-order valence-corrected chi connectivity index (χ3v) is 5.86. The lowest BCUT2D eigenvalue weighted by atomic mass is 10.0. The topological polar surface area (TPSA) is 45.3 Å². The number of aromatic amines is 1. The Kier molecular flexibility index (Phi) is 5.37. The van der Waals surface area contributed by atoms with Gasteiger partial charge in [0.25, 0.3) is 5.91 Å². The molecule has 0 spiro atoms. The fourth-order valence-corrected chi connectivity index (χ4v) is 4.25. The molecular formula is C22H19ClN2O2S. The van der Waals surface area contributed by atoms with Crippen molar-refractivity contribution in [2.45, 2.75) is 6.04 Å². The van der Waals surface area contributed by atoms with Crippen LogP contribution in [0.2, 0.25) is 5.02 Å².